The zero-order chi connectivity index (χ0) is 16.8. The first kappa shape index (κ1) is 21.6. The summed E-state index contributed by atoms with van der Waals surface area (Å²) in [5.41, 5.74) is 1.12. The van der Waals surface area contributed by atoms with Gasteiger partial charge in [-0.1, -0.05) is 13.8 Å². The van der Waals surface area contributed by atoms with Gasteiger partial charge in [-0.15, -0.1) is 35.3 Å². The lowest BCUT2D eigenvalue weighted by Gasteiger charge is -2.37. The molecule has 1 aromatic rings. The second-order valence-corrected chi connectivity index (χ2v) is 7.88. The van der Waals surface area contributed by atoms with Crippen LogP contribution in [0.4, 0.5) is 0 Å². The summed E-state index contributed by atoms with van der Waals surface area (Å²) in [6.45, 7) is 18.0. The Morgan fingerprint density at radius 3 is 2.42 bits per heavy atom. The Balaban J connectivity index is 0.00000288. The Bertz CT molecular complexity index is 521. The Labute approximate surface area is 168 Å². The molecule has 0 radical (unpaired) electrons. The molecule has 0 amide bonds. The van der Waals surface area contributed by atoms with Crippen molar-refractivity contribution in [1.29, 1.82) is 0 Å². The van der Waals surface area contributed by atoms with Crippen LogP contribution in [-0.4, -0.2) is 60.0 Å². The van der Waals surface area contributed by atoms with Crippen LogP contribution in [0.5, 0.6) is 0 Å². The van der Waals surface area contributed by atoms with Crippen molar-refractivity contribution in [3.63, 3.8) is 0 Å². The molecular formula is C17H32IN5S. The van der Waals surface area contributed by atoms with E-state index in [0.29, 0.717) is 0 Å². The minimum Gasteiger partial charge on any atom is -0.357 e. The van der Waals surface area contributed by atoms with Gasteiger partial charge in [-0.2, -0.15) is 0 Å². The molecule has 1 N–H and O–H groups in total. The highest BCUT2D eigenvalue weighted by molar-refractivity contribution is 14.0. The van der Waals surface area contributed by atoms with Crippen molar-refractivity contribution in [3.8, 4) is 0 Å². The Hall–Kier alpha value is -0.410. The van der Waals surface area contributed by atoms with E-state index in [1.165, 1.54) is 11.4 Å². The number of halogens is 1. The molecule has 7 heteroatoms. The molecule has 5 nitrogen and oxygen atoms in total. The molecule has 2 heterocycles. The SMILES string of the molecule is CCNC(=NCc1sc(C)nc1C)N1CCN(CC(C)C)CC1.I. The molecule has 1 aliphatic heterocycles. The molecule has 0 saturated carbocycles. The van der Waals surface area contributed by atoms with E-state index in [1.54, 1.807) is 11.3 Å². The van der Waals surface area contributed by atoms with Gasteiger partial charge in [0.25, 0.3) is 0 Å². The fraction of sp³-hybridized carbons (Fsp3) is 0.765. The van der Waals surface area contributed by atoms with Crippen molar-refractivity contribution in [2.24, 2.45) is 10.9 Å². The smallest absolute Gasteiger partial charge is 0.194 e. The number of rotatable bonds is 5. The van der Waals surface area contributed by atoms with Gasteiger partial charge in [0, 0.05) is 44.1 Å². The summed E-state index contributed by atoms with van der Waals surface area (Å²) in [6, 6.07) is 0. The monoisotopic (exact) mass is 465 g/mol. The van der Waals surface area contributed by atoms with Crippen molar-refractivity contribution in [3.05, 3.63) is 15.6 Å². The van der Waals surface area contributed by atoms with Crippen LogP contribution in [0, 0.1) is 19.8 Å². The first-order chi connectivity index (χ1) is 11.0. The summed E-state index contributed by atoms with van der Waals surface area (Å²) in [4.78, 5) is 15.6. The number of piperazine rings is 1. The zero-order valence-electron chi connectivity index (χ0n) is 15.6. The molecular weight excluding hydrogens is 433 g/mol. The van der Waals surface area contributed by atoms with Crippen molar-refractivity contribution < 1.29 is 0 Å². The molecule has 1 fully saturated rings. The van der Waals surface area contributed by atoms with Gasteiger partial charge in [0.2, 0.25) is 0 Å². The predicted molar refractivity (Wildman–Crippen MR) is 115 cm³/mol. The summed E-state index contributed by atoms with van der Waals surface area (Å²) in [6.07, 6.45) is 0. The molecule has 24 heavy (non-hydrogen) atoms. The zero-order valence-corrected chi connectivity index (χ0v) is 18.8. The number of thiazole rings is 1. The lowest BCUT2D eigenvalue weighted by atomic mass is 10.2. The standard InChI is InChI=1S/C17H31N5S.HI/c1-6-18-17(19-11-16-14(4)20-15(5)23-16)22-9-7-21(8-10-22)12-13(2)3;/h13H,6-12H2,1-5H3,(H,18,19);1H. The normalized spacial score (nSPS) is 16.4. The number of aliphatic imine (C=N–C) groups is 1. The van der Waals surface area contributed by atoms with Gasteiger partial charge in [0.1, 0.15) is 0 Å². The first-order valence-corrected chi connectivity index (χ1v) is 9.49. The third kappa shape index (κ3) is 6.48. The number of aromatic nitrogens is 1. The van der Waals surface area contributed by atoms with Crippen LogP contribution >= 0.6 is 35.3 Å². The molecule has 138 valence electrons. The minimum atomic E-state index is 0. The maximum Gasteiger partial charge on any atom is 0.194 e. The highest BCUT2D eigenvalue weighted by Crippen LogP contribution is 2.18. The highest BCUT2D eigenvalue weighted by Gasteiger charge is 2.20. The van der Waals surface area contributed by atoms with E-state index >= 15 is 0 Å². The van der Waals surface area contributed by atoms with Crippen LogP contribution < -0.4 is 5.32 Å². The Morgan fingerprint density at radius 2 is 1.92 bits per heavy atom. The molecule has 1 aliphatic rings. The van der Waals surface area contributed by atoms with Crippen LogP contribution in [0.1, 0.15) is 36.3 Å². The van der Waals surface area contributed by atoms with Crippen LogP contribution in [-0.2, 0) is 6.54 Å². The predicted octanol–water partition coefficient (Wildman–Crippen LogP) is 3.12. The number of nitrogens with zero attached hydrogens (tertiary/aromatic N) is 4. The summed E-state index contributed by atoms with van der Waals surface area (Å²) in [5.74, 6) is 1.78. The van der Waals surface area contributed by atoms with E-state index in [4.69, 9.17) is 4.99 Å². The number of guanidine groups is 1. The topological polar surface area (TPSA) is 43.8 Å². The maximum atomic E-state index is 4.85. The van der Waals surface area contributed by atoms with E-state index in [-0.39, 0.29) is 24.0 Å². The summed E-state index contributed by atoms with van der Waals surface area (Å²) < 4.78 is 0. The average molecular weight is 465 g/mol. The summed E-state index contributed by atoms with van der Waals surface area (Å²) in [7, 11) is 0. The second-order valence-electron chi connectivity index (χ2n) is 6.59. The Morgan fingerprint density at radius 1 is 1.25 bits per heavy atom. The van der Waals surface area contributed by atoms with Gasteiger partial charge >= 0.3 is 0 Å². The number of hydrogen-bond acceptors (Lipinski definition) is 4. The first-order valence-electron chi connectivity index (χ1n) is 8.68. The summed E-state index contributed by atoms with van der Waals surface area (Å²) in [5, 5.41) is 4.57. The molecule has 0 unspecified atom stereocenters. The van der Waals surface area contributed by atoms with Gasteiger partial charge in [-0.3, -0.25) is 4.90 Å². The lowest BCUT2D eigenvalue weighted by molar-refractivity contribution is 0.164. The van der Waals surface area contributed by atoms with Gasteiger partial charge < -0.3 is 10.2 Å². The van der Waals surface area contributed by atoms with E-state index in [1.807, 2.05) is 0 Å². The lowest BCUT2D eigenvalue weighted by Crippen LogP contribution is -2.53. The van der Waals surface area contributed by atoms with Crippen LogP contribution in [0.2, 0.25) is 0 Å². The van der Waals surface area contributed by atoms with Crippen LogP contribution in [0.25, 0.3) is 0 Å². The van der Waals surface area contributed by atoms with E-state index in [0.717, 1.165) is 61.8 Å². The van der Waals surface area contributed by atoms with Gasteiger partial charge in [0.05, 0.1) is 17.2 Å². The van der Waals surface area contributed by atoms with Gasteiger partial charge in [0.15, 0.2) is 5.96 Å². The molecule has 0 aliphatic carbocycles. The molecule has 0 bridgehead atoms. The third-order valence-corrected chi connectivity index (χ3v) is 5.06. The third-order valence-electron chi connectivity index (χ3n) is 4.00. The number of aryl methyl sites for hydroxylation is 2. The van der Waals surface area contributed by atoms with Crippen molar-refractivity contribution >= 4 is 41.3 Å². The molecule has 2 rings (SSSR count). The van der Waals surface area contributed by atoms with Gasteiger partial charge in [-0.25, -0.2) is 9.98 Å². The fourth-order valence-corrected chi connectivity index (χ4v) is 3.81. The van der Waals surface area contributed by atoms with Crippen LogP contribution in [0.3, 0.4) is 0 Å². The van der Waals surface area contributed by atoms with Gasteiger partial charge in [-0.05, 0) is 26.7 Å². The minimum absolute atomic E-state index is 0. The molecule has 0 aromatic carbocycles. The van der Waals surface area contributed by atoms with Crippen LogP contribution in [0.15, 0.2) is 4.99 Å². The second kappa shape index (κ2) is 10.6. The van der Waals surface area contributed by atoms with E-state index in [2.05, 4.69) is 54.7 Å². The summed E-state index contributed by atoms with van der Waals surface area (Å²) >= 11 is 1.76. The highest BCUT2D eigenvalue weighted by atomic mass is 127. The number of nitrogens with one attached hydrogen (secondary N) is 1. The number of hydrogen-bond donors (Lipinski definition) is 1. The molecule has 1 aromatic heterocycles. The molecule has 0 spiro atoms. The van der Waals surface area contributed by atoms with Crippen molar-refractivity contribution in [2.45, 2.75) is 41.2 Å². The molecule has 1 saturated heterocycles. The van der Waals surface area contributed by atoms with E-state index < -0.39 is 0 Å². The Kier molecular flexibility index (Phi) is 9.51. The maximum absolute atomic E-state index is 4.85. The largest absolute Gasteiger partial charge is 0.357 e. The molecule has 0 atom stereocenters. The quantitative estimate of drug-likeness (QED) is 0.413. The van der Waals surface area contributed by atoms with Crippen molar-refractivity contribution in [1.82, 2.24) is 20.1 Å². The average Bonchev–Trinajstić information content (AvgIpc) is 2.82. The van der Waals surface area contributed by atoms with Crippen molar-refractivity contribution in [2.75, 3.05) is 39.3 Å². The van der Waals surface area contributed by atoms with E-state index in [9.17, 15) is 0 Å². The fourth-order valence-electron chi connectivity index (χ4n) is 2.95.